The number of nitrogens with one attached hydrogen (secondary N) is 1. The second-order valence-electron chi connectivity index (χ2n) is 5.81. The third-order valence-corrected chi connectivity index (χ3v) is 4.59. The lowest BCUT2D eigenvalue weighted by atomic mass is 9.89. The number of halogens is 1. The van der Waals surface area contributed by atoms with Crippen molar-refractivity contribution in [3.8, 4) is 0 Å². The average Bonchev–Trinajstić information content (AvgIpc) is 2.87. The summed E-state index contributed by atoms with van der Waals surface area (Å²) < 4.78 is 1.91. The van der Waals surface area contributed by atoms with Gasteiger partial charge in [0, 0.05) is 20.1 Å². The van der Waals surface area contributed by atoms with Gasteiger partial charge in [0.05, 0.1) is 16.4 Å². The quantitative estimate of drug-likeness (QED) is 0.889. The van der Waals surface area contributed by atoms with E-state index >= 15 is 0 Å². The van der Waals surface area contributed by atoms with E-state index in [2.05, 4.69) is 24.3 Å². The Balaban J connectivity index is 1.92. The second kappa shape index (κ2) is 5.62. The molecular weight excluding hydrogens is 246 g/mol. The Hall–Kier alpha value is -0.540. The maximum atomic E-state index is 6.34. The van der Waals surface area contributed by atoms with E-state index in [0.29, 0.717) is 5.41 Å². The standard InChI is InChI=1S/C14H24ClN3/c1-4-11-13(15)12(18(3)17-11)9-16-10-14(2)7-5-6-8-14/h16H,4-10H2,1-3H3. The molecule has 0 spiro atoms. The van der Waals surface area contributed by atoms with Crippen molar-refractivity contribution in [2.45, 2.75) is 52.5 Å². The van der Waals surface area contributed by atoms with E-state index in [4.69, 9.17) is 11.6 Å². The fraction of sp³-hybridized carbons (Fsp3) is 0.786. The number of aryl methyl sites for hydroxylation is 2. The zero-order valence-electron chi connectivity index (χ0n) is 11.7. The van der Waals surface area contributed by atoms with Crippen LogP contribution in [0, 0.1) is 5.41 Å². The molecule has 0 bridgehead atoms. The molecule has 1 saturated carbocycles. The van der Waals surface area contributed by atoms with Gasteiger partial charge < -0.3 is 5.32 Å². The molecule has 1 aliphatic carbocycles. The minimum absolute atomic E-state index is 0.485. The van der Waals surface area contributed by atoms with Crippen molar-refractivity contribution in [3.05, 3.63) is 16.4 Å². The summed E-state index contributed by atoms with van der Waals surface area (Å²) in [7, 11) is 1.97. The molecule has 0 aliphatic heterocycles. The molecule has 18 heavy (non-hydrogen) atoms. The van der Waals surface area contributed by atoms with Crippen molar-refractivity contribution >= 4 is 11.6 Å². The molecule has 0 amide bonds. The first-order valence-electron chi connectivity index (χ1n) is 6.97. The summed E-state index contributed by atoms with van der Waals surface area (Å²) in [6.07, 6.45) is 6.35. The van der Waals surface area contributed by atoms with E-state index in [9.17, 15) is 0 Å². The molecule has 0 unspecified atom stereocenters. The molecule has 1 fully saturated rings. The SMILES string of the molecule is CCc1nn(C)c(CNCC2(C)CCCC2)c1Cl. The predicted octanol–water partition coefficient (Wildman–Crippen LogP) is 3.31. The number of hydrogen-bond acceptors (Lipinski definition) is 2. The van der Waals surface area contributed by atoms with Crippen LogP contribution in [0.2, 0.25) is 5.02 Å². The molecule has 4 heteroatoms. The Morgan fingerprint density at radius 1 is 1.39 bits per heavy atom. The summed E-state index contributed by atoms with van der Waals surface area (Å²) in [5.74, 6) is 0. The molecule has 2 rings (SSSR count). The average molecular weight is 270 g/mol. The number of aromatic nitrogens is 2. The van der Waals surface area contributed by atoms with Crippen LogP contribution >= 0.6 is 11.6 Å². The van der Waals surface area contributed by atoms with Crippen molar-refractivity contribution in [1.29, 1.82) is 0 Å². The maximum absolute atomic E-state index is 6.34. The summed E-state index contributed by atoms with van der Waals surface area (Å²) >= 11 is 6.34. The first-order valence-corrected chi connectivity index (χ1v) is 7.34. The Kier molecular flexibility index (Phi) is 4.33. The Morgan fingerprint density at radius 3 is 2.61 bits per heavy atom. The molecule has 1 aliphatic rings. The molecule has 1 heterocycles. The van der Waals surface area contributed by atoms with E-state index in [0.717, 1.165) is 35.9 Å². The molecule has 1 aromatic heterocycles. The van der Waals surface area contributed by atoms with E-state index in [1.807, 2.05) is 11.7 Å². The van der Waals surface area contributed by atoms with Crippen molar-refractivity contribution < 1.29 is 0 Å². The highest BCUT2D eigenvalue weighted by atomic mass is 35.5. The minimum Gasteiger partial charge on any atom is -0.311 e. The summed E-state index contributed by atoms with van der Waals surface area (Å²) in [6, 6.07) is 0. The van der Waals surface area contributed by atoms with Crippen molar-refractivity contribution in [1.82, 2.24) is 15.1 Å². The van der Waals surface area contributed by atoms with Gasteiger partial charge in [-0.3, -0.25) is 4.68 Å². The van der Waals surface area contributed by atoms with Gasteiger partial charge in [-0.2, -0.15) is 5.10 Å². The molecule has 0 saturated heterocycles. The smallest absolute Gasteiger partial charge is 0.0863 e. The zero-order valence-corrected chi connectivity index (χ0v) is 12.5. The summed E-state index contributed by atoms with van der Waals surface area (Å²) in [5.41, 5.74) is 2.59. The first-order chi connectivity index (χ1) is 8.56. The molecule has 0 atom stereocenters. The van der Waals surface area contributed by atoms with Gasteiger partial charge in [0.1, 0.15) is 0 Å². The van der Waals surface area contributed by atoms with Crippen LogP contribution in [0.25, 0.3) is 0 Å². The van der Waals surface area contributed by atoms with Gasteiger partial charge in [0.2, 0.25) is 0 Å². The number of hydrogen-bond donors (Lipinski definition) is 1. The van der Waals surface area contributed by atoms with E-state index in [1.165, 1.54) is 25.7 Å². The largest absolute Gasteiger partial charge is 0.311 e. The fourth-order valence-corrected chi connectivity index (χ4v) is 3.26. The van der Waals surface area contributed by atoms with Crippen molar-refractivity contribution in [3.63, 3.8) is 0 Å². The van der Waals surface area contributed by atoms with Crippen molar-refractivity contribution in [2.75, 3.05) is 6.54 Å². The van der Waals surface area contributed by atoms with Gasteiger partial charge in [0.15, 0.2) is 0 Å². The Morgan fingerprint density at radius 2 is 2.06 bits per heavy atom. The molecule has 1 aromatic rings. The van der Waals surface area contributed by atoms with Crippen LogP contribution in [0.1, 0.15) is 50.9 Å². The molecule has 0 aromatic carbocycles. The Labute approximate surface area is 115 Å². The molecule has 102 valence electrons. The van der Waals surface area contributed by atoms with Crippen LogP contribution in [0.4, 0.5) is 0 Å². The topological polar surface area (TPSA) is 29.9 Å². The van der Waals surface area contributed by atoms with Gasteiger partial charge in [-0.05, 0) is 24.7 Å². The second-order valence-corrected chi connectivity index (χ2v) is 6.18. The predicted molar refractivity (Wildman–Crippen MR) is 75.9 cm³/mol. The normalized spacial score (nSPS) is 18.4. The summed E-state index contributed by atoms with van der Waals surface area (Å²) in [5, 5.41) is 8.84. The molecule has 3 nitrogen and oxygen atoms in total. The highest BCUT2D eigenvalue weighted by molar-refractivity contribution is 6.31. The highest BCUT2D eigenvalue weighted by Gasteiger charge is 2.28. The number of rotatable bonds is 5. The lowest BCUT2D eigenvalue weighted by Gasteiger charge is -2.23. The van der Waals surface area contributed by atoms with Crippen LogP contribution in [-0.4, -0.2) is 16.3 Å². The lowest BCUT2D eigenvalue weighted by molar-refractivity contribution is 0.313. The van der Waals surface area contributed by atoms with Gasteiger partial charge >= 0.3 is 0 Å². The van der Waals surface area contributed by atoms with E-state index in [1.54, 1.807) is 0 Å². The van der Waals surface area contributed by atoms with Crippen LogP contribution in [0.3, 0.4) is 0 Å². The fourth-order valence-electron chi connectivity index (χ4n) is 2.90. The third kappa shape index (κ3) is 2.89. The van der Waals surface area contributed by atoms with Crippen molar-refractivity contribution in [2.24, 2.45) is 12.5 Å². The van der Waals surface area contributed by atoms with E-state index < -0.39 is 0 Å². The summed E-state index contributed by atoms with van der Waals surface area (Å²) in [4.78, 5) is 0. The monoisotopic (exact) mass is 269 g/mol. The Bertz CT molecular complexity index is 405. The van der Waals surface area contributed by atoms with Gasteiger partial charge in [-0.1, -0.05) is 38.3 Å². The first kappa shape index (κ1) is 13.9. The lowest BCUT2D eigenvalue weighted by Crippen LogP contribution is -2.29. The van der Waals surface area contributed by atoms with Gasteiger partial charge in [-0.15, -0.1) is 0 Å². The van der Waals surface area contributed by atoms with Crippen LogP contribution in [-0.2, 0) is 20.0 Å². The van der Waals surface area contributed by atoms with E-state index in [-0.39, 0.29) is 0 Å². The third-order valence-electron chi connectivity index (χ3n) is 4.16. The molecule has 0 radical (unpaired) electrons. The zero-order chi connectivity index (χ0) is 13.2. The van der Waals surface area contributed by atoms with Gasteiger partial charge in [-0.25, -0.2) is 0 Å². The highest BCUT2D eigenvalue weighted by Crippen LogP contribution is 2.36. The molecule has 1 N–H and O–H groups in total. The van der Waals surface area contributed by atoms with Crippen LogP contribution in [0.15, 0.2) is 0 Å². The van der Waals surface area contributed by atoms with Crippen LogP contribution < -0.4 is 5.32 Å². The summed E-state index contributed by atoms with van der Waals surface area (Å²) in [6.45, 7) is 6.37. The number of nitrogens with zero attached hydrogens (tertiary/aromatic N) is 2. The van der Waals surface area contributed by atoms with Crippen LogP contribution in [0.5, 0.6) is 0 Å². The maximum Gasteiger partial charge on any atom is 0.0863 e. The molecular formula is C14H24ClN3. The van der Waals surface area contributed by atoms with Gasteiger partial charge in [0.25, 0.3) is 0 Å². The minimum atomic E-state index is 0.485.